The second kappa shape index (κ2) is 7.43. The molecule has 1 N–H and O–H groups in total. The lowest BCUT2D eigenvalue weighted by Gasteiger charge is -2.08. The zero-order chi connectivity index (χ0) is 20.4. The normalized spacial score (nSPS) is 12.4. The van der Waals surface area contributed by atoms with Crippen LogP contribution in [0, 0.1) is 5.82 Å². The molecule has 0 aliphatic heterocycles. The fraction of sp³-hybridized carbons (Fsp3) is 0.0588. The Morgan fingerprint density at radius 1 is 1.04 bits per heavy atom. The Hall–Kier alpha value is -3.21. The first-order valence-corrected chi connectivity index (χ1v) is 9.09. The van der Waals surface area contributed by atoms with Gasteiger partial charge in [-0.25, -0.2) is 12.8 Å². The fourth-order valence-corrected chi connectivity index (χ4v) is 3.24. The lowest BCUT2D eigenvalue weighted by molar-refractivity contribution is -0.159. The molecular weight excluding hydrogens is 402 g/mol. The highest BCUT2D eigenvalue weighted by molar-refractivity contribution is 7.92. The van der Waals surface area contributed by atoms with Crippen molar-refractivity contribution in [2.24, 2.45) is 0 Å². The Kier molecular flexibility index (Phi) is 5.18. The molecule has 11 heteroatoms. The molecule has 0 fully saturated rings. The minimum absolute atomic E-state index is 0.0485. The van der Waals surface area contributed by atoms with Gasteiger partial charge in [0.2, 0.25) is 0 Å². The number of alkyl halides is 3. The average Bonchev–Trinajstić information content (AvgIpc) is 3.09. The highest BCUT2D eigenvalue weighted by atomic mass is 32.2. The molecule has 0 radical (unpaired) electrons. The molecule has 1 aromatic heterocycles. The van der Waals surface area contributed by atoms with Crippen LogP contribution < -0.4 is 4.72 Å². The van der Waals surface area contributed by atoms with Crippen LogP contribution in [0.15, 0.2) is 57.9 Å². The molecule has 0 atom stereocenters. The van der Waals surface area contributed by atoms with Gasteiger partial charge in [0.25, 0.3) is 10.0 Å². The number of aromatic nitrogens is 2. The van der Waals surface area contributed by atoms with Gasteiger partial charge in [-0.1, -0.05) is 29.4 Å². The largest absolute Gasteiger partial charge is 0.471 e. The van der Waals surface area contributed by atoms with Crippen molar-refractivity contribution in [2.75, 3.05) is 4.72 Å². The number of rotatable bonds is 5. The zero-order valence-electron chi connectivity index (χ0n) is 13.8. The summed E-state index contributed by atoms with van der Waals surface area (Å²) in [6, 6.07) is 10.5. The number of benzene rings is 2. The van der Waals surface area contributed by atoms with Gasteiger partial charge < -0.3 is 4.52 Å². The summed E-state index contributed by atoms with van der Waals surface area (Å²) in [6.45, 7) is 0. The minimum atomic E-state index is -4.75. The maximum Gasteiger partial charge on any atom is 0.471 e. The molecule has 0 saturated carbocycles. The van der Waals surface area contributed by atoms with Crippen molar-refractivity contribution >= 4 is 27.9 Å². The second-order valence-electron chi connectivity index (χ2n) is 5.48. The van der Waals surface area contributed by atoms with Crippen LogP contribution in [0.25, 0.3) is 12.2 Å². The Morgan fingerprint density at radius 2 is 1.79 bits per heavy atom. The van der Waals surface area contributed by atoms with Gasteiger partial charge in [-0.3, -0.25) is 4.72 Å². The molecule has 6 nitrogen and oxygen atoms in total. The number of sulfonamides is 1. The number of nitrogens with one attached hydrogen (secondary N) is 1. The van der Waals surface area contributed by atoms with Crippen molar-refractivity contribution in [3.63, 3.8) is 0 Å². The van der Waals surface area contributed by atoms with E-state index in [2.05, 4.69) is 19.4 Å². The van der Waals surface area contributed by atoms with E-state index in [1.54, 1.807) is 0 Å². The summed E-state index contributed by atoms with van der Waals surface area (Å²) in [5, 5.41) is 3.17. The molecule has 0 amide bonds. The molecule has 3 aromatic rings. The Balaban J connectivity index is 1.80. The van der Waals surface area contributed by atoms with E-state index >= 15 is 0 Å². The summed E-state index contributed by atoms with van der Waals surface area (Å²) in [6.07, 6.45) is -2.29. The van der Waals surface area contributed by atoms with Crippen molar-refractivity contribution in [2.45, 2.75) is 11.1 Å². The van der Waals surface area contributed by atoms with Crippen LogP contribution >= 0.6 is 0 Å². The summed E-state index contributed by atoms with van der Waals surface area (Å²) in [5.41, 5.74) is 0.410. The van der Waals surface area contributed by atoms with Crippen molar-refractivity contribution < 1.29 is 30.5 Å². The van der Waals surface area contributed by atoms with E-state index in [4.69, 9.17) is 0 Å². The van der Waals surface area contributed by atoms with Crippen LogP contribution in [0.2, 0.25) is 0 Å². The molecule has 0 aliphatic carbocycles. The highest BCUT2D eigenvalue weighted by Gasteiger charge is 2.38. The van der Waals surface area contributed by atoms with E-state index in [-0.39, 0.29) is 16.4 Å². The molecule has 28 heavy (non-hydrogen) atoms. The predicted octanol–water partition coefficient (Wildman–Crippen LogP) is 4.20. The average molecular weight is 413 g/mol. The smallest absolute Gasteiger partial charge is 0.329 e. The lowest BCUT2D eigenvalue weighted by Crippen LogP contribution is -2.13. The SMILES string of the molecule is O=S(=O)(Nc1cccc(F)c1)c1cccc(C=Cc2noc(C(F)(F)F)n2)c1. The van der Waals surface area contributed by atoms with Gasteiger partial charge in [-0.15, -0.1) is 0 Å². The maximum atomic E-state index is 13.2. The van der Waals surface area contributed by atoms with Crippen molar-refractivity contribution in [3.8, 4) is 0 Å². The molecule has 3 rings (SSSR count). The standard InChI is InChI=1S/C17H11F4N3O3S/c18-12-4-2-5-13(10-12)24-28(25,26)14-6-1-3-11(9-14)7-8-15-22-16(27-23-15)17(19,20)21/h1-10,24H. The first-order valence-electron chi connectivity index (χ1n) is 7.61. The number of hydrogen-bond donors (Lipinski definition) is 1. The summed E-state index contributed by atoms with van der Waals surface area (Å²) in [5.74, 6) is -2.41. The second-order valence-corrected chi connectivity index (χ2v) is 7.16. The molecule has 0 aliphatic rings. The van der Waals surface area contributed by atoms with Crippen molar-refractivity contribution in [3.05, 3.63) is 71.6 Å². The molecular formula is C17H11F4N3O3S. The van der Waals surface area contributed by atoms with Crippen LogP contribution in [0.3, 0.4) is 0 Å². The molecule has 146 valence electrons. The van der Waals surface area contributed by atoms with Crippen molar-refractivity contribution in [1.82, 2.24) is 10.1 Å². The van der Waals surface area contributed by atoms with E-state index in [0.717, 1.165) is 12.1 Å². The van der Waals surface area contributed by atoms with Gasteiger partial charge >= 0.3 is 12.1 Å². The predicted molar refractivity (Wildman–Crippen MR) is 91.9 cm³/mol. The van der Waals surface area contributed by atoms with E-state index < -0.39 is 27.9 Å². The van der Waals surface area contributed by atoms with Crippen LogP contribution in [-0.2, 0) is 16.2 Å². The van der Waals surface area contributed by atoms with Crippen molar-refractivity contribution in [1.29, 1.82) is 0 Å². The summed E-state index contributed by atoms with van der Waals surface area (Å²) in [7, 11) is -4.00. The van der Waals surface area contributed by atoms with Crippen LogP contribution in [0.4, 0.5) is 23.2 Å². The maximum absolute atomic E-state index is 13.2. The van der Waals surface area contributed by atoms with E-state index in [9.17, 15) is 26.0 Å². The molecule has 0 unspecified atom stereocenters. The minimum Gasteiger partial charge on any atom is -0.329 e. The number of nitrogens with zero attached hydrogens (tertiary/aromatic N) is 2. The van der Waals surface area contributed by atoms with E-state index in [1.807, 2.05) is 0 Å². The van der Waals surface area contributed by atoms with Crippen LogP contribution in [0.5, 0.6) is 0 Å². The van der Waals surface area contributed by atoms with Gasteiger partial charge in [0.05, 0.1) is 10.6 Å². The number of hydrogen-bond acceptors (Lipinski definition) is 5. The molecule has 2 aromatic carbocycles. The Bertz CT molecular complexity index is 1120. The Labute approximate surface area is 156 Å². The molecule has 0 saturated heterocycles. The third-order valence-corrected chi connectivity index (χ3v) is 4.73. The van der Waals surface area contributed by atoms with Gasteiger partial charge in [0.1, 0.15) is 5.82 Å². The third-order valence-electron chi connectivity index (χ3n) is 3.35. The molecule has 0 spiro atoms. The quantitative estimate of drug-likeness (QED) is 0.634. The summed E-state index contributed by atoms with van der Waals surface area (Å²) < 4.78 is 81.7. The fourth-order valence-electron chi connectivity index (χ4n) is 2.14. The number of halogens is 4. The third kappa shape index (κ3) is 4.74. The first kappa shape index (κ1) is 19.5. The molecule has 0 bridgehead atoms. The molecule has 1 heterocycles. The van der Waals surface area contributed by atoms with Gasteiger partial charge in [0, 0.05) is 0 Å². The zero-order valence-corrected chi connectivity index (χ0v) is 14.6. The monoisotopic (exact) mass is 413 g/mol. The van der Waals surface area contributed by atoms with Gasteiger partial charge in [0.15, 0.2) is 5.82 Å². The van der Waals surface area contributed by atoms with E-state index in [0.29, 0.717) is 5.56 Å². The van der Waals surface area contributed by atoms with E-state index in [1.165, 1.54) is 48.5 Å². The lowest BCUT2D eigenvalue weighted by atomic mass is 10.2. The number of anilines is 1. The first-order chi connectivity index (χ1) is 13.1. The Morgan fingerprint density at radius 3 is 2.46 bits per heavy atom. The summed E-state index contributed by atoms with van der Waals surface area (Å²) >= 11 is 0. The highest BCUT2D eigenvalue weighted by Crippen LogP contribution is 2.27. The van der Waals surface area contributed by atoms with Gasteiger partial charge in [-0.2, -0.15) is 18.2 Å². The topological polar surface area (TPSA) is 85.1 Å². The van der Waals surface area contributed by atoms with Gasteiger partial charge in [-0.05, 0) is 42.0 Å². The van der Waals surface area contributed by atoms with Crippen LogP contribution in [-0.4, -0.2) is 18.6 Å². The summed E-state index contributed by atoms with van der Waals surface area (Å²) in [4.78, 5) is 3.05. The van der Waals surface area contributed by atoms with Crippen LogP contribution in [0.1, 0.15) is 17.3 Å².